The average molecular weight is 413 g/mol. The molecule has 1 aliphatic rings. The summed E-state index contributed by atoms with van der Waals surface area (Å²) in [6.07, 6.45) is 2.69. The van der Waals surface area contributed by atoms with E-state index in [1.54, 1.807) is 23.3 Å². The molecule has 3 heterocycles. The van der Waals surface area contributed by atoms with Gasteiger partial charge in [0.05, 0.1) is 23.1 Å². The molecule has 0 radical (unpaired) electrons. The van der Waals surface area contributed by atoms with Gasteiger partial charge in [-0.05, 0) is 29.1 Å². The molecular formula is C24H20N4OS. The number of amides is 1. The van der Waals surface area contributed by atoms with E-state index in [0.717, 1.165) is 33.8 Å². The Labute approximate surface area is 178 Å². The summed E-state index contributed by atoms with van der Waals surface area (Å²) >= 11 is 1.64. The zero-order valence-electron chi connectivity index (χ0n) is 16.5. The molecule has 2 aromatic carbocycles. The molecule has 0 saturated carbocycles. The van der Waals surface area contributed by atoms with Gasteiger partial charge >= 0.3 is 0 Å². The number of carbonyl (C=O) groups excluding carboxylic acids is 1. The van der Waals surface area contributed by atoms with E-state index < -0.39 is 0 Å². The lowest BCUT2D eigenvalue weighted by atomic mass is 9.97. The molecule has 1 atom stereocenters. The Balaban J connectivity index is 1.60. The first-order valence-electron chi connectivity index (χ1n) is 9.81. The van der Waals surface area contributed by atoms with Gasteiger partial charge in [-0.15, -0.1) is 0 Å². The highest BCUT2D eigenvalue weighted by Crippen LogP contribution is 2.38. The molecule has 0 bridgehead atoms. The summed E-state index contributed by atoms with van der Waals surface area (Å²) in [6.45, 7) is 1.57. The molecule has 0 N–H and O–H groups in total. The summed E-state index contributed by atoms with van der Waals surface area (Å²) < 4.78 is 1.89. The van der Waals surface area contributed by atoms with E-state index in [1.165, 1.54) is 0 Å². The van der Waals surface area contributed by atoms with Crippen LogP contribution in [0.2, 0.25) is 0 Å². The maximum Gasteiger partial charge on any atom is 0.240 e. The molecule has 4 aromatic rings. The third-order valence-electron chi connectivity index (χ3n) is 5.26. The van der Waals surface area contributed by atoms with Gasteiger partial charge in [-0.2, -0.15) is 21.5 Å². The Morgan fingerprint density at radius 1 is 1.00 bits per heavy atom. The number of hydrogen-bond acceptors (Lipinski definition) is 4. The van der Waals surface area contributed by atoms with Crippen molar-refractivity contribution < 1.29 is 4.79 Å². The molecule has 148 valence electrons. The monoisotopic (exact) mass is 412 g/mol. The molecule has 2 aromatic heterocycles. The Morgan fingerprint density at radius 3 is 2.40 bits per heavy atom. The van der Waals surface area contributed by atoms with Crippen LogP contribution in [0.4, 0.5) is 0 Å². The molecule has 5 rings (SSSR count). The summed E-state index contributed by atoms with van der Waals surface area (Å²) in [5, 5.41) is 15.3. The lowest BCUT2D eigenvalue weighted by molar-refractivity contribution is -0.130. The molecule has 1 unspecified atom stereocenters. The van der Waals surface area contributed by atoms with E-state index in [4.69, 9.17) is 5.10 Å². The fourth-order valence-corrected chi connectivity index (χ4v) is 4.46. The van der Waals surface area contributed by atoms with Crippen LogP contribution in [0.25, 0.3) is 16.9 Å². The smallest absolute Gasteiger partial charge is 0.240 e. The Kier molecular flexibility index (Phi) is 4.77. The van der Waals surface area contributed by atoms with Crippen LogP contribution in [0.15, 0.2) is 88.8 Å². The van der Waals surface area contributed by atoms with Crippen molar-refractivity contribution in [3.63, 3.8) is 0 Å². The molecule has 30 heavy (non-hydrogen) atoms. The maximum atomic E-state index is 12.5. The molecule has 0 aliphatic carbocycles. The minimum atomic E-state index is -0.190. The standard InChI is InChI=1S/C24H20N4OS/c1-17(29)28-23(14-22(25-28)18-8-4-2-5-9-18)21-15-27(20-10-6-3-7-11-20)26-24(21)19-12-13-30-16-19/h2-13,15-16,23H,14H2,1H3. The molecule has 1 aliphatic heterocycles. The van der Waals surface area contributed by atoms with Crippen molar-refractivity contribution in [2.45, 2.75) is 19.4 Å². The lowest BCUT2D eigenvalue weighted by Crippen LogP contribution is -2.24. The van der Waals surface area contributed by atoms with Gasteiger partial charge in [0.1, 0.15) is 0 Å². The van der Waals surface area contributed by atoms with Gasteiger partial charge in [-0.1, -0.05) is 48.5 Å². The van der Waals surface area contributed by atoms with Crippen LogP contribution in [0.3, 0.4) is 0 Å². The number of benzene rings is 2. The zero-order valence-corrected chi connectivity index (χ0v) is 17.3. The fourth-order valence-electron chi connectivity index (χ4n) is 3.82. The van der Waals surface area contributed by atoms with E-state index in [2.05, 4.69) is 16.5 Å². The van der Waals surface area contributed by atoms with Crippen molar-refractivity contribution in [2.75, 3.05) is 0 Å². The number of rotatable bonds is 4. The Bertz CT molecular complexity index is 1200. The molecule has 6 heteroatoms. The minimum Gasteiger partial charge on any atom is -0.273 e. The van der Waals surface area contributed by atoms with Crippen LogP contribution in [-0.2, 0) is 4.79 Å². The molecule has 0 fully saturated rings. The number of para-hydroxylation sites is 1. The molecule has 1 amide bonds. The van der Waals surface area contributed by atoms with Gasteiger partial charge in [-0.25, -0.2) is 9.69 Å². The van der Waals surface area contributed by atoms with Crippen molar-refractivity contribution in [3.05, 3.63) is 94.8 Å². The van der Waals surface area contributed by atoms with Crippen LogP contribution in [0.1, 0.15) is 30.5 Å². The Hall–Kier alpha value is -3.51. The topological polar surface area (TPSA) is 50.5 Å². The summed E-state index contributed by atoms with van der Waals surface area (Å²) in [7, 11) is 0. The first-order chi connectivity index (χ1) is 14.7. The second kappa shape index (κ2) is 7.72. The molecule has 0 spiro atoms. The van der Waals surface area contributed by atoms with Crippen molar-refractivity contribution >= 4 is 23.0 Å². The average Bonchev–Trinajstić information content (AvgIpc) is 3.53. The van der Waals surface area contributed by atoms with E-state index in [-0.39, 0.29) is 11.9 Å². The molecule has 5 nitrogen and oxygen atoms in total. The minimum absolute atomic E-state index is 0.0744. The third kappa shape index (κ3) is 3.35. The maximum absolute atomic E-state index is 12.5. The van der Waals surface area contributed by atoms with Crippen molar-refractivity contribution in [3.8, 4) is 16.9 Å². The van der Waals surface area contributed by atoms with Gasteiger partial charge in [0, 0.05) is 36.0 Å². The van der Waals surface area contributed by atoms with Crippen molar-refractivity contribution in [2.24, 2.45) is 5.10 Å². The number of carbonyl (C=O) groups is 1. The predicted molar refractivity (Wildman–Crippen MR) is 120 cm³/mol. The van der Waals surface area contributed by atoms with Crippen molar-refractivity contribution in [1.29, 1.82) is 0 Å². The summed E-state index contributed by atoms with van der Waals surface area (Å²) in [6, 6.07) is 21.9. The highest BCUT2D eigenvalue weighted by Gasteiger charge is 2.34. The number of hydrazone groups is 1. The van der Waals surface area contributed by atoms with Gasteiger partial charge in [-0.3, -0.25) is 4.79 Å². The van der Waals surface area contributed by atoms with Crippen LogP contribution >= 0.6 is 11.3 Å². The predicted octanol–water partition coefficient (Wildman–Crippen LogP) is 5.30. The van der Waals surface area contributed by atoms with E-state index in [1.807, 2.05) is 76.9 Å². The molecule has 0 saturated heterocycles. The SMILES string of the molecule is CC(=O)N1N=C(c2ccccc2)CC1c1cn(-c2ccccc2)nc1-c1ccsc1. The van der Waals surface area contributed by atoms with Crippen molar-refractivity contribution in [1.82, 2.24) is 14.8 Å². The Morgan fingerprint density at radius 2 is 1.73 bits per heavy atom. The normalized spacial score (nSPS) is 16.0. The first kappa shape index (κ1) is 18.5. The van der Waals surface area contributed by atoms with Gasteiger partial charge in [0.15, 0.2) is 0 Å². The second-order valence-electron chi connectivity index (χ2n) is 7.22. The van der Waals surface area contributed by atoms with E-state index in [9.17, 15) is 4.79 Å². The number of nitrogens with zero attached hydrogens (tertiary/aromatic N) is 4. The second-order valence-corrected chi connectivity index (χ2v) is 8.00. The summed E-state index contributed by atoms with van der Waals surface area (Å²) in [4.78, 5) is 12.5. The lowest BCUT2D eigenvalue weighted by Gasteiger charge is -2.20. The number of hydrogen-bond donors (Lipinski definition) is 0. The van der Waals surface area contributed by atoms with Gasteiger partial charge < -0.3 is 0 Å². The zero-order chi connectivity index (χ0) is 20.5. The van der Waals surface area contributed by atoms with Gasteiger partial charge in [0.25, 0.3) is 0 Å². The quantitative estimate of drug-likeness (QED) is 0.457. The summed E-state index contributed by atoms with van der Waals surface area (Å²) in [5.41, 5.74) is 5.89. The molecular weight excluding hydrogens is 392 g/mol. The summed E-state index contributed by atoms with van der Waals surface area (Å²) in [5.74, 6) is -0.0744. The van der Waals surface area contributed by atoms with Crippen LogP contribution in [0, 0.1) is 0 Å². The number of thiophene rings is 1. The first-order valence-corrected chi connectivity index (χ1v) is 10.8. The van der Waals surface area contributed by atoms with Gasteiger partial charge in [0.2, 0.25) is 5.91 Å². The van der Waals surface area contributed by atoms with Crippen LogP contribution < -0.4 is 0 Å². The highest BCUT2D eigenvalue weighted by molar-refractivity contribution is 7.08. The van der Waals surface area contributed by atoms with Crippen LogP contribution in [-0.4, -0.2) is 26.4 Å². The third-order valence-corrected chi connectivity index (χ3v) is 5.94. The van der Waals surface area contributed by atoms with E-state index in [0.29, 0.717) is 6.42 Å². The highest BCUT2D eigenvalue weighted by atomic mass is 32.1. The largest absolute Gasteiger partial charge is 0.273 e. The fraction of sp³-hybridized carbons (Fsp3) is 0.125. The number of aromatic nitrogens is 2. The van der Waals surface area contributed by atoms with E-state index >= 15 is 0 Å². The van der Waals surface area contributed by atoms with Crippen LogP contribution in [0.5, 0.6) is 0 Å².